The van der Waals surface area contributed by atoms with Crippen molar-refractivity contribution < 1.29 is 9.13 Å². The Morgan fingerprint density at radius 2 is 2.25 bits per heavy atom. The molecule has 1 aromatic carbocycles. The van der Waals surface area contributed by atoms with Gasteiger partial charge in [0.15, 0.2) is 0 Å². The molecule has 2 rings (SSSR count). The molecule has 0 aliphatic rings. The SMILES string of the molecule is O=c1[nH]cnc(Oc2cccc(F)c2)c1Br. The molecular formula is C10H6BrFN2O2. The smallest absolute Gasteiger partial charge is 0.268 e. The Labute approximate surface area is 98.2 Å². The van der Waals surface area contributed by atoms with Gasteiger partial charge in [0.2, 0.25) is 5.88 Å². The molecule has 0 fully saturated rings. The van der Waals surface area contributed by atoms with Crippen LogP contribution in [0.3, 0.4) is 0 Å². The second-order valence-corrected chi connectivity index (χ2v) is 3.70. The molecule has 0 bridgehead atoms. The van der Waals surface area contributed by atoms with Crippen LogP contribution in [-0.4, -0.2) is 9.97 Å². The lowest BCUT2D eigenvalue weighted by molar-refractivity contribution is 0.452. The van der Waals surface area contributed by atoms with Gasteiger partial charge in [0.25, 0.3) is 5.56 Å². The van der Waals surface area contributed by atoms with E-state index in [0.29, 0.717) is 0 Å². The molecule has 2 aromatic rings. The predicted molar refractivity (Wildman–Crippen MR) is 59.0 cm³/mol. The zero-order valence-electron chi connectivity index (χ0n) is 7.91. The van der Waals surface area contributed by atoms with Gasteiger partial charge in [-0.1, -0.05) is 6.07 Å². The number of halogens is 2. The molecule has 0 radical (unpaired) electrons. The third-order valence-electron chi connectivity index (χ3n) is 1.78. The molecule has 0 atom stereocenters. The first kappa shape index (κ1) is 10.8. The van der Waals surface area contributed by atoms with Crippen LogP contribution in [0.2, 0.25) is 0 Å². The Kier molecular flexibility index (Phi) is 3.00. The molecule has 0 aliphatic carbocycles. The van der Waals surface area contributed by atoms with Crippen molar-refractivity contribution in [3.05, 3.63) is 51.2 Å². The fourth-order valence-corrected chi connectivity index (χ4v) is 1.38. The second kappa shape index (κ2) is 4.44. The first-order chi connectivity index (χ1) is 7.66. The van der Waals surface area contributed by atoms with Crippen LogP contribution in [-0.2, 0) is 0 Å². The van der Waals surface area contributed by atoms with E-state index in [2.05, 4.69) is 25.9 Å². The summed E-state index contributed by atoms with van der Waals surface area (Å²) in [5, 5.41) is 0. The summed E-state index contributed by atoms with van der Waals surface area (Å²) in [4.78, 5) is 17.4. The molecule has 0 spiro atoms. The van der Waals surface area contributed by atoms with Crippen molar-refractivity contribution in [2.75, 3.05) is 0 Å². The number of hydrogen-bond donors (Lipinski definition) is 1. The number of H-pyrrole nitrogens is 1. The Bertz CT molecular complexity index is 571. The quantitative estimate of drug-likeness (QED) is 0.922. The lowest BCUT2D eigenvalue weighted by atomic mass is 10.3. The molecule has 4 nitrogen and oxygen atoms in total. The normalized spacial score (nSPS) is 10.1. The number of rotatable bonds is 2. The highest BCUT2D eigenvalue weighted by atomic mass is 79.9. The molecule has 1 aromatic heterocycles. The zero-order valence-corrected chi connectivity index (χ0v) is 9.49. The highest BCUT2D eigenvalue weighted by molar-refractivity contribution is 9.10. The molecule has 0 saturated carbocycles. The standard InChI is InChI=1S/C10H6BrFN2O2/c11-8-9(15)13-5-14-10(8)16-7-3-1-2-6(12)4-7/h1-5H,(H,13,14,15). The number of aromatic amines is 1. The molecule has 0 amide bonds. The minimum Gasteiger partial charge on any atom is -0.437 e. The summed E-state index contributed by atoms with van der Waals surface area (Å²) in [5.74, 6) is -0.0494. The van der Waals surface area contributed by atoms with Crippen molar-refractivity contribution in [2.45, 2.75) is 0 Å². The maximum absolute atomic E-state index is 12.9. The van der Waals surface area contributed by atoms with Gasteiger partial charge < -0.3 is 9.72 Å². The van der Waals surface area contributed by atoms with Crippen LogP contribution >= 0.6 is 15.9 Å². The number of ether oxygens (including phenoxy) is 1. The Morgan fingerprint density at radius 1 is 1.44 bits per heavy atom. The lowest BCUT2D eigenvalue weighted by Gasteiger charge is -2.04. The van der Waals surface area contributed by atoms with E-state index in [1.165, 1.54) is 24.5 Å². The number of nitrogens with one attached hydrogen (secondary N) is 1. The van der Waals surface area contributed by atoms with E-state index >= 15 is 0 Å². The maximum atomic E-state index is 12.9. The van der Waals surface area contributed by atoms with Crippen LogP contribution in [0.15, 0.2) is 39.9 Å². The van der Waals surface area contributed by atoms with Gasteiger partial charge in [0.1, 0.15) is 16.0 Å². The number of hydrogen-bond acceptors (Lipinski definition) is 3. The molecule has 82 valence electrons. The first-order valence-electron chi connectivity index (χ1n) is 4.33. The van der Waals surface area contributed by atoms with Gasteiger partial charge >= 0.3 is 0 Å². The van der Waals surface area contributed by atoms with Crippen molar-refractivity contribution in [3.63, 3.8) is 0 Å². The fraction of sp³-hybridized carbons (Fsp3) is 0. The predicted octanol–water partition coefficient (Wildman–Crippen LogP) is 2.46. The van der Waals surface area contributed by atoms with Crippen LogP contribution in [0.25, 0.3) is 0 Å². The molecule has 0 unspecified atom stereocenters. The summed E-state index contributed by atoms with van der Waals surface area (Å²) >= 11 is 3.03. The third-order valence-corrected chi connectivity index (χ3v) is 2.47. The van der Waals surface area contributed by atoms with E-state index in [0.717, 1.165) is 0 Å². The molecular weight excluding hydrogens is 279 g/mol. The second-order valence-electron chi connectivity index (χ2n) is 2.91. The van der Waals surface area contributed by atoms with E-state index in [4.69, 9.17) is 4.74 Å². The Morgan fingerprint density at radius 3 is 3.00 bits per heavy atom. The molecule has 0 saturated heterocycles. The zero-order chi connectivity index (χ0) is 11.5. The molecule has 16 heavy (non-hydrogen) atoms. The summed E-state index contributed by atoms with van der Waals surface area (Å²) in [6.07, 6.45) is 1.21. The number of aromatic nitrogens is 2. The molecule has 1 N–H and O–H groups in total. The van der Waals surface area contributed by atoms with Gasteiger partial charge in [-0.2, -0.15) is 0 Å². The topological polar surface area (TPSA) is 55.0 Å². The Balaban J connectivity index is 2.34. The van der Waals surface area contributed by atoms with E-state index < -0.39 is 5.82 Å². The lowest BCUT2D eigenvalue weighted by Crippen LogP contribution is -2.08. The van der Waals surface area contributed by atoms with E-state index in [-0.39, 0.29) is 21.7 Å². The highest BCUT2D eigenvalue weighted by Crippen LogP contribution is 2.24. The van der Waals surface area contributed by atoms with E-state index in [9.17, 15) is 9.18 Å². The van der Waals surface area contributed by atoms with E-state index in [1.807, 2.05) is 0 Å². The first-order valence-corrected chi connectivity index (χ1v) is 5.13. The summed E-state index contributed by atoms with van der Waals surface area (Å²) < 4.78 is 18.3. The van der Waals surface area contributed by atoms with Gasteiger partial charge in [-0.05, 0) is 28.1 Å². The minimum atomic E-state index is -0.418. The molecule has 1 heterocycles. The monoisotopic (exact) mass is 284 g/mol. The molecule has 0 aliphatic heterocycles. The average molecular weight is 285 g/mol. The molecule has 6 heteroatoms. The van der Waals surface area contributed by atoms with Crippen molar-refractivity contribution in [3.8, 4) is 11.6 Å². The van der Waals surface area contributed by atoms with Gasteiger partial charge in [-0.15, -0.1) is 0 Å². The van der Waals surface area contributed by atoms with Crippen LogP contribution in [0.5, 0.6) is 11.6 Å². The largest absolute Gasteiger partial charge is 0.437 e. The van der Waals surface area contributed by atoms with Crippen molar-refractivity contribution in [1.82, 2.24) is 9.97 Å². The van der Waals surface area contributed by atoms with Gasteiger partial charge in [0.05, 0.1) is 6.33 Å². The van der Waals surface area contributed by atoms with Gasteiger partial charge in [0, 0.05) is 6.07 Å². The maximum Gasteiger partial charge on any atom is 0.268 e. The summed E-state index contributed by atoms with van der Waals surface area (Å²) in [6, 6.07) is 5.58. The van der Waals surface area contributed by atoms with Crippen LogP contribution < -0.4 is 10.3 Å². The number of benzene rings is 1. The van der Waals surface area contributed by atoms with Crippen molar-refractivity contribution in [1.29, 1.82) is 0 Å². The minimum absolute atomic E-state index is 0.0920. The van der Waals surface area contributed by atoms with Crippen LogP contribution in [0, 0.1) is 5.82 Å². The highest BCUT2D eigenvalue weighted by Gasteiger charge is 2.07. The van der Waals surface area contributed by atoms with Gasteiger partial charge in [-0.25, -0.2) is 9.37 Å². The fourth-order valence-electron chi connectivity index (χ4n) is 1.08. The van der Waals surface area contributed by atoms with E-state index in [1.54, 1.807) is 6.07 Å². The van der Waals surface area contributed by atoms with Gasteiger partial charge in [-0.3, -0.25) is 4.79 Å². The number of nitrogens with zero attached hydrogens (tertiary/aromatic N) is 1. The third kappa shape index (κ3) is 2.27. The van der Waals surface area contributed by atoms with Crippen LogP contribution in [0.4, 0.5) is 4.39 Å². The summed E-state index contributed by atoms with van der Waals surface area (Å²) in [7, 11) is 0. The average Bonchev–Trinajstić information content (AvgIpc) is 2.25. The van der Waals surface area contributed by atoms with Crippen molar-refractivity contribution in [2.24, 2.45) is 0 Å². The Hall–Kier alpha value is -1.69. The summed E-state index contributed by atoms with van der Waals surface area (Å²) in [6.45, 7) is 0. The van der Waals surface area contributed by atoms with Crippen molar-refractivity contribution >= 4 is 15.9 Å². The summed E-state index contributed by atoms with van der Waals surface area (Å²) in [5.41, 5.74) is -0.360. The van der Waals surface area contributed by atoms with Crippen LogP contribution in [0.1, 0.15) is 0 Å².